The van der Waals surface area contributed by atoms with Crippen LogP contribution in [-0.4, -0.2) is 11.6 Å². The largest absolute Gasteiger partial charge is 0.460 e. The van der Waals surface area contributed by atoms with E-state index < -0.39 is 5.60 Å². The Morgan fingerprint density at radius 3 is 2.35 bits per heavy atom. The van der Waals surface area contributed by atoms with Crippen LogP contribution in [0.25, 0.3) is 0 Å². The first-order valence-corrected chi connectivity index (χ1v) is 5.68. The first kappa shape index (κ1) is 13.3. The smallest absolute Gasteiger partial charge is 0.306 e. The molecule has 1 aromatic carbocycles. The highest BCUT2D eigenvalue weighted by atomic mass is 16.6. The number of benzene rings is 1. The molecule has 0 atom stereocenters. The zero-order valence-corrected chi connectivity index (χ0v) is 10.6. The van der Waals surface area contributed by atoms with Crippen LogP contribution in [0.1, 0.15) is 38.3 Å². The first-order valence-electron chi connectivity index (χ1n) is 5.68. The molecule has 2 heteroatoms. The van der Waals surface area contributed by atoms with Crippen molar-refractivity contribution in [2.75, 3.05) is 0 Å². The molecule has 0 spiro atoms. The summed E-state index contributed by atoms with van der Waals surface area (Å²) in [7, 11) is 0. The van der Waals surface area contributed by atoms with Gasteiger partial charge in [-0.2, -0.15) is 0 Å². The van der Waals surface area contributed by atoms with Crippen molar-refractivity contribution in [2.24, 2.45) is 0 Å². The second kappa shape index (κ2) is 5.54. The van der Waals surface area contributed by atoms with E-state index in [0.29, 0.717) is 12.8 Å². The lowest BCUT2D eigenvalue weighted by Gasteiger charge is -2.19. The summed E-state index contributed by atoms with van der Waals surface area (Å²) in [4.78, 5) is 11.5. The molecule has 0 saturated heterocycles. The Morgan fingerprint density at radius 2 is 1.88 bits per heavy atom. The van der Waals surface area contributed by atoms with Gasteiger partial charge in [0.2, 0.25) is 0 Å². The van der Waals surface area contributed by atoms with E-state index in [9.17, 15) is 4.79 Å². The van der Waals surface area contributed by atoms with Crippen LogP contribution in [0.5, 0.6) is 0 Å². The molecule has 2 nitrogen and oxygen atoms in total. The SMILES string of the molecule is C#Cc1ccc(CCC(=O)OC(C)(C)C)cc1. The Hall–Kier alpha value is -1.75. The third-order valence-electron chi connectivity index (χ3n) is 2.16. The molecule has 0 aliphatic carbocycles. The summed E-state index contributed by atoms with van der Waals surface area (Å²) >= 11 is 0. The van der Waals surface area contributed by atoms with E-state index in [-0.39, 0.29) is 5.97 Å². The van der Waals surface area contributed by atoms with Crippen molar-refractivity contribution in [1.29, 1.82) is 0 Å². The Kier molecular flexibility index (Phi) is 4.34. The van der Waals surface area contributed by atoms with Crippen molar-refractivity contribution < 1.29 is 9.53 Å². The second-order valence-electron chi connectivity index (χ2n) is 4.93. The van der Waals surface area contributed by atoms with Crippen LogP contribution in [0.2, 0.25) is 0 Å². The summed E-state index contributed by atoms with van der Waals surface area (Å²) in [6.45, 7) is 5.60. The van der Waals surface area contributed by atoms with E-state index in [1.54, 1.807) is 0 Å². The number of carbonyl (C=O) groups excluding carboxylic acids is 1. The summed E-state index contributed by atoms with van der Waals surface area (Å²) in [6.07, 6.45) is 6.34. The molecular formula is C15H18O2. The summed E-state index contributed by atoms with van der Waals surface area (Å²) in [5, 5.41) is 0. The molecule has 0 saturated carbocycles. The second-order valence-corrected chi connectivity index (χ2v) is 4.93. The summed E-state index contributed by atoms with van der Waals surface area (Å²) < 4.78 is 5.23. The molecule has 0 radical (unpaired) electrons. The van der Waals surface area contributed by atoms with Gasteiger partial charge in [-0.15, -0.1) is 6.42 Å². The van der Waals surface area contributed by atoms with Gasteiger partial charge < -0.3 is 4.74 Å². The number of rotatable bonds is 3. The van der Waals surface area contributed by atoms with Crippen LogP contribution in [-0.2, 0) is 16.0 Å². The molecule has 0 aromatic heterocycles. The Balaban J connectivity index is 2.45. The van der Waals surface area contributed by atoms with Crippen molar-refractivity contribution in [3.05, 3.63) is 35.4 Å². The Morgan fingerprint density at radius 1 is 1.29 bits per heavy atom. The van der Waals surface area contributed by atoms with Gasteiger partial charge >= 0.3 is 5.97 Å². The molecular weight excluding hydrogens is 212 g/mol. The highest BCUT2D eigenvalue weighted by Crippen LogP contribution is 2.11. The van der Waals surface area contributed by atoms with Crippen LogP contribution in [0.15, 0.2) is 24.3 Å². The molecule has 0 aliphatic rings. The standard InChI is InChI=1S/C15H18O2/c1-5-12-6-8-13(9-7-12)10-11-14(16)17-15(2,3)4/h1,6-9H,10-11H2,2-4H3. The van der Waals surface area contributed by atoms with Crippen LogP contribution in [0.3, 0.4) is 0 Å². The maximum absolute atomic E-state index is 11.5. The third-order valence-corrected chi connectivity index (χ3v) is 2.16. The normalized spacial score (nSPS) is 10.7. The molecule has 90 valence electrons. The predicted octanol–water partition coefficient (Wildman–Crippen LogP) is 2.94. The number of terminal acetylenes is 1. The van der Waals surface area contributed by atoms with E-state index in [4.69, 9.17) is 11.2 Å². The first-order chi connectivity index (χ1) is 7.90. The monoisotopic (exact) mass is 230 g/mol. The summed E-state index contributed by atoms with van der Waals surface area (Å²) in [5.41, 5.74) is 1.53. The van der Waals surface area contributed by atoms with E-state index in [1.165, 1.54) is 0 Å². The lowest BCUT2D eigenvalue weighted by atomic mass is 10.1. The fourth-order valence-corrected chi connectivity index (χ4v) is 1.41. The van der Waals surface area contributed by atoms with Crippen LogP contribution >= 0.6 is 0 Å². The molecule has 1 aromatic rings. The fourth-order valence-electron chi connectivity index (χ4n) is 1.41. The van der Waals surface area contributed by atoms with Gasteiger partial charge in [0.15, 0.2) is 0 Å². The molecule has 17 heavy (non-hydrogen) atoms. The lowest BCUT2D eigenvalue weighted by molar-refractivity contribution is -0.154. The van der Waals surface area contributed by atoms with Gasteiger partial charge in [0.05, 0.1) is 0 Å². The van der Waals surface area contributed by atoms with E-state index >= 15 is 0 Å². The molecule has 0 amide bonds. The van der Waals surface area contributed by atoms with Crippen molar-refractivity contribution >= 4 is 5.97 Å². The van der Waals surface area contributed by atoms with Gasteiger partial charge in [-0.3, -0.25) is 4.79 Å². The Labute approximate surface area is 103 Å². The third kappa shape index (κ3) is 5.21. The summed E-state index contributed by atoms with van der Waals surface area (Å²) in [5.74, 6) is 2.39. The minimum atomic E-state index is -0.412. The van der Waals surface area contributed by atoms with Gasteiger partial charge in [-0.05, 0) is 44.9 Å². The van der Waals surface area contributed by atoms with E-state index in [1.807, 2.05) is 45.0 Å². The quantitative estimate of drug-likeness (QED) is 0.589. The van der Waals surface area contributed by atoms with Crippen LogP contribution in [0.4, 0.5) is 0 Å². The van der Waals surface area contributed by atoms with Crippen LogP contribution in [0, 0.1) is 12.3 Å². The van der Waals surface area contributed by atoms with Gasteiger partial charge in [0.25, 0.3) is 0 Å². The number of ether oxygens (including phenoxy) is 1. The maximum atomic E-state index is 11.5. The number of carbonyl (C=O) groups is 1. The molecule has 1 rings (SSSR count). The van der Waals surface area contributed by atoms with Crippen molar-refractivity contribution in [3.63, 3.8) is 0 Å². The number of aryl methyl sites for hydroxylation is 1. The minimum absolute atomic E-state index is 0.168. The molecule has 0 aliphatic heterocycles. The van der Waals surface area contributed by atoms with Gasteiger partial charge in [0.1, 0.15) is 5.60 Å². The highest BCUT2D eigenvalue weighted by molar-refractivity contribution is 5.70. The predicted molar refractivity (Wildman–Crippen MR) is 68.5 cm³/mol. The van der Waals surface area contributed by atoms with Crippen molar-refractivity contribution in [3.8, 4) is 12.3 Å². The molecule has 0 fully saturated rings. The van der Waals surface area contributed by atoms with Crippen molar-refractivity contribution in [1.82, 2.24) is 0 Å². The fraction of sp³-hybridized carbons (Fsp3) is 0.400. The van der Waals surface area contributed by atoms with Gasteiger partial charge in [-0.1, -0.05) is 18.1 Å². The molecule has 0 heterocycles. The topological polar surface area (TPSA) is 26.3 Å². The van der Waals surface area contributed by atoms with E-state index in [0.717, 1.165) is 11.1 Å². The van der Waals surface area contributed by atoms with Crippen LogP contribution < -0.4 is 0 Å². The zero-order chi connectivity index (χ0) is 12.9. The van der Waals surface area contributed by atoms with Crippen molar-refractivity contribution in [2.45, 2.75) is 39.2 Å². The number of hydrogen-bond acceptors (Lipinski definition) is 2. The number of hydrogen-bond donors (Lipinski definition) is 0. The van der Waals surface area contributed by atoms with Gasteiger partial charge in [0, 0.05) is 12.0 Å². The average molecular weight is 230 g/mol. The maximum Gasteiger partial charge on any atom is 0.306 e. The molecule has 0 N–H and O–H groups in total. The highest BCUT2D eigenvalue weighted by Gasteiger charge is 2.15. The average Bonchev–Trinajstić information content (AvgIpc) is 2.25. The molecule has 0 unspecified atom stereocenters. The van der Waals surface area contributed by atoms with Gasteiger partial charge in [-0.25, -0.2) is 0 Å². The van der Waals surface area contributed by atoms with E-state index in [2.05, 4.69) is 5.92 Å². The lowest BCUT2D eigenvalue weighted by Crippen LogP contribution is -2.23. The molecule has 0 bridgehead atoms. The number of esters is 1. The Bertz CT molecular complexity index is 416. The summed E-state index contributed by atoms with van der Waals surface area (Å²) in [6, 6.07) is 7.65. The zero-order valence-electron chi connectivity index (χ0n) is 10.6. The minimum Gasteiger partial charge on any atom is -0.460 e.